The second kappa shape index (κ2) is 6.62. The Morgan fingerprint density at radius 2 is 1.67 bits per heavy atom. The standard InChI is InChI=1S/Ca.H3OSi.2O.V.2H/c;1-2;;;;;/h;2H3;;;;;/q;-1;;;+1;;. The predicted molar refractivity (Wildman–Crippen MR) is 20.9 cm³/mol. The zero-order chi connectivity index (χ0) is 4.28. The first-order chi connectivity index (χ1) is 2.27. The van der Waals surface area contributed by atoms with Crippen LogP contribution < -0.4 is 0 Å². The Labute approximate surface area is 73.3 Å². The van der Waals surface area contributed by atoms with Gasteiger partial charge in [0.1, 0.15) is 0 Å². The van der Waals surface area contributed by atoms with Crippen LogP contribution in [0.1, 0.15) is 0 Å². The Morgan fingerprint density at radius 3 is 1.67 bits per heavy atom. The van der Waals surface area contributed by atoms with Crippen LogP contribution in [-0.4, -0.2) is 48.2 Å². The maximum atomic E-state index is 9.30. The van der Waals surface area contributed by atoms with Crippen molar-refractivity contribution < 1.29 is 26.1 Å². The van der Waals surface area contributed by atoms with Crippen LogP contribution in [0.15, 0.2) is 0 Å². The summed E-state index contributed by atoms with van der Waals surface area (Å²) in [6.45, 7) is 0. The van der Waals surface area contributed by atoms with Crippen LogP contribution in [0, 0.1) is 0 Å². The van der Waals surface area contributed by atoms with Gasteiger partial charge in [0.25, 0.3) is 0 Å². The molecule has 0 aromatic heterocycles. The molecule has 0 aliphatic heterocycles. The van der Waals surface area contributed by atoms with Crippen molar-refractivity contribution in [3.63, 3.8) is 0 Å². The molecular weight excluding hydrogens is 167 g/mol. The van der Waals surface area contributed by atoms with Crippen LogP contribution in [0.2, 0.25) is 0 Å². The summed E-state index contributed by atoms with van der Waals surface area (Å²) in [5, 5.41) is 0. The maximum absolute atomic E-state index is 9.30. The van der Waals surface area contributed by atoms with Gasteiger partial charge in [-0.1, -0.05) is 0 Å². The number of hydrogen-bond acceptors (Lipinski definition) is 3. The summed E-state index contributed by atoms with van der Waals surface area (Å²) in [7, 11) is 0.313. The number of rotatable bonds is 1. The SMILES string of the molecule is [CaH2].[O]=[V](=[O])[O][SiH3]. The minimum absolute atomic E-state index is 0. The molecule has 0 aliphatic rings. The fourth-order valence-corrected chi connectivity index (χ4v) is 0. The molecule has 0 saturated heterocycles. The van der Waals surface area contributed by atoms with Crippen molar-refractivity contribution in [3.8, 4) is 0 Å². The molecular formula is H5CaO3SiV. The molecule has 6 heavy (non-hydrogen) atoms. The summed E-state index contributed by atoms with van der Waals surface area (Å²) in [4.78, 5) is 0. The summed E-state index contributed by atoms with van der Waals surface area (Å²) in [6.07, 6.45) is 0. The molecule has 0 fully saturated rings. The third-order valence-electron chi connectivity index (χ3n) is 0.149. The molecule has 34 valence electrons. The second-order valence-corrected chi connectivity index (χ2v) is 3.18. The van der Waals surface area contributed by atoms with Crippen LogP contribution in [0.3, 0.4) is 0 Å². The molecule has 0 unspecified atom stereocenters. The molecule has 0 rings (SSSR count). The monoisotopic (exact) mass is 172 g/mol. The summed E-state index contributed by atoms with van der Waals surface area (Å²) < 4.78 is 22.5. The zero-order valence-electron chi connectivity index (χ0n) is 2.67. The molecule has 0 saturated carbocycles. The van der Waals surface area contributed by atoms with Crippen LogP contribution in [0.25, 0.3) is 0 Å². The van der Waals surface area contributed by atoms with Gasteiger partial charge >= 0.3 is 74.3 Å². The van der Waals surface area contributed by atoms with E-state index in [0.29, 0.717) is 10.5 Å². The molecule has 0 atom stereocenters. The van der Waals surface area contributed by atoms with Gasteiger partial charge in [-0.25, -0.2) is 0 Å². The topological polar surface area (TPSA) is 43.4 Å². The Morgan fingerprint density at radius 1 is 1.50 bits per heavy atom. The fraction of sp³-hybridized carbons (Fsp3) is 0. The molecule has 0 radical (unpaired) electrons. The van der Waals surface area contributed by atoms with Gasteiger partial charge in [-0.2, -0.15) is 0 Å². The molecule has 0 heterocycles. The van der Waals surface area contributed by atoms with Gasteiger partial charge in [-0.3, -0.25) is 0 Å². The van der Waals surface area contributed by atoms with Crippen molar-refractivity contribution in [2.75, 3.05) is 0 Å². The van der Waals surface area contributed by atoms with E-state index in [1.807, 2.05) is 0 Å². The van der Waals surface area contributed by atoms with Crippen LogP contribution in [-0.2, 0) is 26.1 Å². The van der Waals surface area contributed by atoms with Crippen LogP contribution in [0.5, 0.6) is 0 Å². The molecule has 0 bridgehead atoms. The average molecular weight is 172 g/mol. The summed E-state index contributed by atoms with van der Waals surface area (Å²) in [5.41, 5.74) is 0. The molecule has 0 aromatic carbocycles. The van der Waals surface area contributed by atoms with Gasteiger partial charge in [0.15, 0.2) is 0 Å². The van der Waals surface area contributed by atoms with Crippen molar-refractivity contribution in [2.24, 2.45) is 0 Å². The van der Waals surface area contributed by atoms with Gasteiger partial charge in [0, 0.05) is 0 Å². The van der Waals surface area contributed by atoms with Gasteiger partial charge in [-0.05, 0) is 0 Å². The third-order valence-corrected chi connectivity index (χ3v) is 1.84. The van der Waals surface area contributed by atoms with E-state index in [2.05, 4.69) is 3.35 Å². The Kier molecular flexibility index (Phi) is 11.7. The first-order valence-electron chi connectivity index (χ1n) is 0.956. The molecule has 6 heteroatoms. The molecule has 0 spiro atoms. The quantitative estimate of drug-likeness (QED) is 0.414. The molecule has 0 aromatic rings. The first kappa shape index (κ1) is 10.6. The third kappa shape index (κ3) is 9.15. The van der Waals surface area contributed by atoms with Crippen molar-refractivity contribution in [3.05, 3.63) is 0 Å². The molecule has 0 aliphatic carbocycles. The Bertz CT molecular complexity index is 68.9. The van der Waals surface area contributed by atoms with E-state index in [0.717, 1.165) is 0 Å². The van der Waals surface area contributed by atoms with Crippen LogP contribution >= 0.6 is 0 Å². The fourth-order valence-electron chi connectivity index (χ4n) is 0. The normalized spacial score (nSPS) is 6.67. The van der Waals surface area contributed by atoms with E-state index in [1.165, 1.54) is 0 Å². The summed E-state index contributed by atoms with van der Waals surface area (Å²) >= 11 is -3.14. The first-order valence-corrected chi connectivity index (χ1v) is 3.48. The molecule has 3 nitrogen and oxygen atoms in total. The summed E-state index contributed by atoms with van der Waals surface area (Å²) in [5.74, 6) is 0. The van der Waals surface area contributed by atoms with Gasteiger partial charge in [0.05, 0.1) is 0 Å². The van der Waals surface area contributed by atoms with E-state index in [9.17, 15) is 7.35 Å². The summed E-state index contributed by atoms with van der Waals surface area (Å²) in [6, 6.07) is 0. The Balaban J connectivity index is 0. The van der Waals surface area contributed by atoms with E-state index >= 15 is 0 Å². The van der Waals surface area contributed by atoms with Crippen molar-refractivity contribution >= 4 is 48.2 Å². The van der Waals surface area contributed by atoms with Gasteiger partial charge in [-0.15, -0.1) is 0 Å². The van der Waals surface area contributed by atoms with E-state index in [-0.39, 0.29) is 37.7 Å². The van der Waals surface area contributed by atoms with Crippen molar-refractivity contribution in [2.45, 2.75) is 0 Å². The van der Waals surface area contributed by atoms with Crippen LogP contribution in [0.4, 0.5) is 0 Å². The molecule has 0 N–H and O–H groups in total. The minimum atomic E-state index is -3.14. The van der Waals surface area contributed by atoms with E-state index in [1.54, 1.807) is 0 Å². The average Bonchev–Trinajstić information content (AvgIpc) is 1.38. The predicted octanol–water partition coefficient (Wildman–Crippen LogP) is -2.41. The Hall–Kier alpha value is 1.62. The second-order valence-electron chi connectivity index (χ2n) is 0.406. The van der Waals surface area contributed by atoms with Crippen molar-refractivity contribution in [1.82, 2.24) is 0 Å². The van der Waals surface area contributed by atoms with Gasteiger partial charge < -0.3 is 0 Å². The van der Waals surface area contributed by atoms with E-state index in [4.69, 9.17) is 0 Å². The molecule has 0 amide bonds. The van der Waals surface area contributed by atoms with Crippen molar-refractivity contribution in [1.29, 1.82) is 0 Å². The zero-order valence-corrected chi connectivity index (χ0v) is 6.07. The number of hydrogen-bond donors (Lipinski definition) is 0. The van der Waals surface area contributed by atoms with Gasteiger partial charge in [0.2, 0.25) is 0 Å². The van der Waals surface area contributed by atoms with E-state index < -0.39 is 15.4 Å².